The second-order valence-electron chi connectivity index (χ2n) is 8.88. The predicted octanol–water partition coefficient (Wildman–Crippen LogP) is 6.24. The molecule has 1 aliphatic rings. The van der Waals surface area contributed by atoms with Gasteiger partial charge in [0, 0.05) is 29.0 Å². The van der Waals surface area contributed by atoms with Gasteiger partial charge in [-0.15, -0.1) is 0 Å². The van der Waals surface area contributed by atoms with Crippen molar-refractivity contribution in [2.24, 2.45) is 0 Å². The van der Waals surface area contributed by atoms with E-state index in [1.54, 1.807) is 7.11 Å². The molecular weight excluding hydrogens is 452 g/mol. The average Bonchev–Trinajstić information content (AvgIpc) is 3.39. The number of anilines is 1. The number of ether oxygens (including phenoxy) is 1. The SMILES string of the molecule is CCc1ccc(N2C(=S)N[C@H](c3ccccn3)[C@H]2c2cc(C)n(-c3ccc(OC)cc3)c2C)cc1. The number of aromatic nitrogens is 2. The van der Waals surface area contributed by atoms with E-state index in [1.165, 1.54) is 22.5 Å². The molecule has 5 nitrogen and oxygen atoms in total. The smallest absolute Gasteiger partial charge is 0.174 e. The molecule has 0 radical (unpaired) electrons. The minimum absolute atomic E-state index is 0.0388. The van der Waals surface area contributed by atoms with Crippen molar-refractivity contribution in [2.75, 3.05) is 12.0 Å². The van der Waals surface area contributed by atoms with Crippen molar-refractivity contribution < 1.29 is 4.74 Å². The van der Waals surface area contributed by atoms with E-state index in [1.807, 2.05) is 30.5 Å². The number of thiocarbonyl (C=S) groups is 1. The Kier molecular flexibility index (Phi) is 6.31. The highest BCUT2D eigenvalue weighted by Crippen LogP contribution is 2.43. The van der Waals surface area contributed by atoms with E-state index < -0.39 is 0 Å². The molecule has 0 saturated carbocycles. The molecule has 1 saturated heterocycles. The molecule has 1 fully saturated rings. The number of hydrogen-bond acceptors (Lipinski definition) is 3. The Morgan fingerprint density at radius 3 is 2.31 bits per heavy atom. The lowest BCUT2D eigenvalue weighted by atomic mass is 9.96. The monoisotopic (exact) mass is 482 g/mol. The maximum Gasteiger partial charge on any atom is 0.174 e. The predicted molar refractivity (Wildman–Crippen MR) is 146 cm³/mol. The molecular formula is C29H30N4OS. The van der Waals surface area contributed by atoms with Crippen LogP contribution in [0.3, 0.4) is 0 Å². The van der Waals surface area contributed by atoms with Crippen LogP contribution < -0.4 is 15.0 Å². The molecule has 178 valence electrons. The van der Waals surface area contributed by atoms with Gasteiger partial charge in [0.2, 0.25) is 0 Å². The molecule has 2 atom stereocenters. The van der Waals surface area contributed by atoms with Crippen LogP contribution in [0.4, 0.5) is 5.69 Å². The molecule has 3 heterocycles. The van der Waals surface area contributed by atoms with Crippen LogP contribution in [-0.4, -0.2) is 21.8 Å². The summed E-state index contributed by atoms with van der Waals surface area (Å²) in [5.74, 6) is 0.846. The van der Waals surface area contributed by atoms with Gasteiger partial charge in [-0.1, -0.05) is 25.1 Å². The highest BCUT2D eigenvalue weighted by molar-refractivity contribution is 7.80. The van der Waals surface area contributed by atoms with Crippen LogP contribution in [0.25, 0.3) is 5.69 Å². The molecule has 1 N–H and O–H groups in total. The van der Waals surface area contributed by atoms with E-state index in [9.17, 15) is 0 Å². The van der Waals surface area contributed by atoms with Crippen LogP contribution >= 0.6 is 12.2 Å². The first-order valence-electron chi connectivity index (χ1n) is 11.9. The standard InChI is InChI=1S/C29H30N4OS/c1-5-21-9-11-23(12-10-21)33-28(27(31-29(33)35)26-8-6-7-17-30-26)25-18-19(2)32(20(25)3)22-13-15-24(34-4)16-14-22/h6-18,27-28H,5H2,1-4H3,(H,31,35)/t27-,28-/m1/s1. The van der Waals surface area contributed by atoms with Crippen LogP contribution in [0.1, 0.15) is 47.2 Å². The van der Waals surface area contributed by atoms with E-state index >= 15 is 0 Å². The largest absolute Gasteiger partial charge is 0.497 e. The molecule has 0 aliphatic carbocycles. The summed E-state index contributed by atoms with van der Waals surface area (Å²) in [6.45, 7) is 6.50. The summed E-state index contributed by atoms with van der Waals surface area (Å²) in [4.78, 5) is 6.94. The van der Waals surface area contributed by atoms with E-state index in [-0.39, 0.29) is 12.1 Å². The van der Waals surface area contributed by atoms with E-state index in [4.69, 9.17) is 21.9 Å². The maximum atomic E-state index is 5.91. The summed E-state index contributed by atoms with van der Waals surface area (Å²) in [6, 6.07) is 25.1. The molecule has 1 aliphatic heterocycles. The molecule has 0 spiro atoms. The summed E-state index contributed by atoms with van der Waals surface area (Å²) < 4.78 is 7.66. The Balaban J connectivity index is 1.64. The first-order chi connectivity index (χ1) is 17.0. The number of hydrogen-bond donors (Lipinski definition) is 1. The summed E-state index contributed by atoms with van der Waals surface area (Å²) in [7, 11) is 1.69. The van der Waals surface area contributed by atoms with Gasteiger partial charge < -0.3 is 19.5 Å². The molecule has 0 bridgehead atoms. The minimum Gasteiger partial charge on any atom is -0.497 e. The van der Waals surface area contributed by atoms with Crippen molar-refractivity contribution >= 4 is 23.0 Å². The molecule has 2 aromatic heterocycles. The van der Waals surface area contributed by atoms with Crippen molar-refractivity contribution in [1.29, 1.82) is 0 Å². The molecule has 2 aromatic carbocycles. The van der Waals surface area contributed by atoms with Crippen molar-refractivity contribution in [3.63, 3.8) is 0 Å². The minimum atomic E-state index is -0.0700. The third-order valence-corrected chi connectivity index (χ3v) is 7.15. The zero-order chi connectivity index (χ0) is 24.5. The fourth-order valence-electron chi connectivity index (χ4n) is 5.06. The highest BCUT2D eigenvalue weighted by atomic mass is 32.1. The first kappa shape index (κ1) is 23.1. The fourth-order valence-corrected chi connectivity index (χ4v) is 5.40. The van der Waals surface area contributed by atoms with E-state index in [0.29, 0.717) is 5.11 Å². The summed E-state index contributed by atoms with van der Waals surface area (Å²) in [5.41, 5.74) is 8.04. The van der Waals surface area contributed by atoms with Gasteiger partial charge in [0.25, 0.3) is 0 Å². The maximum absolute atomic E-state index is 5.91. The fraction of sp³-hybridized carbons (Fsp3) is 0.241. The summed E-state index contributed by atoms with van der Waals surface area (Å²) in [6.07, 6.45) is 2.85. The number of methoxy groups -OCH3 is 1. The van der Waals surface area contributed by atoms with Gasteiger partial charge in [0.05, 0.1) is 24.9 Å². The average molecular weight is 483 g/mol. The van der Waals surface area contributed by atoms with Gasteiger partial charge in [0.1, 0.15) is 5.75 Å². The Labute approximate surface area is 212 Å². The van der Waals surface area contributed by atoms with Gasteiger partial charge in [-0.2, -0.15) is 0 Å². The second kappa shape index (κ2) is 9.55. The van der Waals surface area contributed by atoms with Gasteiger partial charge in [-0.05, 0) is 98.2 Å². The number of pyridine rings is 1. The molecule has 4 aromatic rings. The van der Waals surface area contributed by atoms with Gasteiger partial charge in [0.15, 0.2) is 5.11 Å². The molecule has 0 unspecified atom stereocenters. The van der Waals surface area contributed by atoms with Crippen molar-refractivity contribution in [3.05, 3.63) is 107 Å². The van der Waals surface area contributed by atoms with Crippen LogP contribution in [0, 0.1) is 13.8 Å². The topological polar surface area (TPSA) is 42.3 Å². The van der Waals surface area contributed by atoms with E-state index in [2.05, 4.69) is 84.1 Å². The molecule has 6 heteroatoms. The van der Waals surface area contributed by atoms with E-state index in [0.717, 1.165) is 29.2 Å². The van der Waals surface area contributed by atoms with Crippen LogP contribution in [0.5, 0.6) is 5.75 Å². The van der Waals surface area contributed by atoms with Crippen LogP contribution in [0.2, 0.25) is 0 Å². The Bertz CT molecular complexity index is 1330. The molecule has 5 rings (SSSR count). The zero-order valence-electron chi connectivity index (χ0n) is 20.5. The van der Waals surface area contributed by atoms with Gasteiger partial charge >= 0.3 is 0 Å². The Morgan fingerprint density at radius 2 is 1.69 bits per heavy atom. The normalized spacial score (nSPS) is 17.5. The second-order valence-corrected chi connectivity index (χ2v) is 9.26. The van der Waals surface area contributed by atoms with Crippen molar-refractivity contribution in [3.8, 4) is 11.4 Å². The number of nitrogens with zero attached hydrogens (tertiary/aromatic N) is 3. The number of rotatable bonds is 6. The van der Waals surface area contributed by atoms with Crippen LogP contribution in [-0.2, 0) is 6.42 Å². The lowest BCUT2D eigenvalue weighted by Crippen LogP contribution is -2.29. The van der Waals surface area contributed by atoms with Gasteiger partial charge in [-0.3, -0.25) is 4.98 Å². The third-order valence-electron chi connectivity index (χ3n) is 6.84. The van der Waals surface area contributed by atoms with Crippen molar-refractivity contribution in [1.82, 2.24) is 14.9 Å². The van der Waals surface area contributed by atoms with Crippen LogP contribution in [0.15, 0.2) is 79.0 Å². The highest BCUT2D eigenvalue weighted by Gasteiger charge is 2.42. The first-order valence-corrected chi connectivity index (χ1v) is 12.4. The van der Waals surface area contributed by atoms with Crippen molar-refractivity contribution in [2.45, 2.75) is 39.3 Å². The Morgan fingerprint density at radius 1 is 0.971 bits per heavy atom. The third kappa shape index (κ3) is 4.19. The lowest BCUT2D eigenvalue weighted by Gasteiger charge is -2.28. The summed E-state index contributed by atoms with van der Waals surface area (Å²) >= 11 is 5.91. The number of nitrogens with one attached hydrogen (secondary N) is 1. The lowest BCUT2D eigenvalue weighted by molar-refractivity contribution is 0.414. The number of aryl methyl sites for hydroxylation is 2. The Hall–Kier alpha value is -3.64. The molecule has 0 amide bonds. The van der Waals surface area contributed by atoms with Gasteiger partial charge in [-0.25, -0.2) is 0 Å². The quantitative estimate of drug-likeness (QED) is 0.330. The molecule has 35 heavy (non-hydrogen) atoms. The number of benzene rings is 2. The summed E-state index contributed by atoms with van der Waals surface area (Å²) in [5, 5.41) is 4.29. The zero-order valence-corrected chi connectivity index (χ0v) is 21.3.